The van der Waals surface area contributed by atoms with Gasteiger partial charge in [0.15, 0.2) is 0 Å². The lowest BCUT2D eigenvalue weighted by Gasteiger charge is -2.37. The van der Waals surface area contributed by atoms with Crippen molar-refractivity contribution in [2.24, 2.45) is 11.8 Å². The number of hydrogen-bond acceptors (Lipinski definition) is 7. The standard InChI is InChI=1S/C41H46BrN3O7/c1-3-5-18-33(47)51-26-32(28-15-8-6-9-16-28)43-38(48)34-35-39(49)45(22-12-7-13-23-46)37(41(35)25-31(42)36(34)52-41)40(50)44(21-4-2)30-20-19-27-14-10-11-17-29(27)24-30/h3-4,6,8-11,14-17,19-20,24,31-32,34-37,46H,1-2,5,7,12-13,18,21-23,25-26H2,(H,43,48)/t31?,32-,34+,35-,36+,37+,41-/m1/s1. The first-order valence-corrected chi connectivity index (χ1v) is 18.9. The first-order chi connectivity index (χ1) is 25.2. The number of nitrogens with zero attached hydrogens (tertiary/aromatic N) is 2. The number of rotatable bonds is 17. The minimum atomic E-state index is -1.26. The number of anilines is 1. The maximum absolute atomic E-state index is 15.0. The fourth-order valence-corrected chi connectivity index (χ4v) is 9.05. The number of carbonyl (C=O) groups excluding carboxylic acids is 4. The Morgan fingerprint density at radius 2 is 1.79 bits per heavy atom. The number of fused-ring (bicyclic) bond motifs is 2. The van der Waals surface area contributed by atoms with E-state index in [1.54, 1.807) is 22.0 Å². The van der Waals surface area contributed by atoms with E-state index in [-0.39, 0.29) is 49.4 Å². The number of aliphatic hydroxyl groups excluding tert-OH is 1. The third-order valence-corrected chi connectivity index (χ3v) is 11.3. The van der Waals surface area contributed by atoms with E-state index in [1.807, 2.05) is 72.8 Å². The molecule has 3 aliphatic heterocycles. The van der Waals surface area contributed by atoms with E-state index < -0.39 is 47.5 Å². The van der Waals surface area contributed by atoms with Crippen molar-refractivity contribution in [3.63, 3.8) is 0 Å². The molecule has 3 fully saturated rings. The topological polar surface area (TPSA) is 125 Å². The lowest BCUT2D eigenvalue weighted by molar-refractivity contribution is -0.145. The molecule has 1 spiro atoms. The van der Waals surface area contributed by atoms with Crippen LogP contribution in [0.5, 0.6) is 0 Å². The number of likely N-dealkylation sites (tertiary alicyclic amines) is 1. The average molecular weight is 773 g/mol. The Kier molecular flexibility index (Phi) is 11.9. The minimum Gasteiger partial charge on any atom is -0.463 e. The van der Waals surface area contributed by atoms with E-state index in [2.05, 4.69) is 34.4 Å². The number of hydrogen-bond donors (Lipinski definition) is 2. The van der Waals surface area contributed by atoms with Crippen molar-refractivity contribution in [1.82, 2.24) is 10.2 Å². The number of nitrogens with one attached hydrogen (secondary N) is 1. The highest BCUT2D eigenvalue weighted by Crippen LogP contribution is 2.60. The maximum Gasteiger partial charge on any atom is 0.306 e. The molecule has 3 heterocycles. The molecule has 6 rings (SSSR count). The quantitative estimate of drug-likeness (QED) is 0.0789. The first kappa shape index (κ1) is 37.4. The second kappa shape index (κ2) is 16.6. The Labute approximate surface area is 313 Å². The summed E-state index contributed by atoms with van der Waals surface area (Å²) in [7, 11) is 0. The third kappa shape index (κ3) is 7.31. The van der Waals surface area contributed by atoms with Gasteiger partial charge in [0, 0.05) is 36.6 Å². The molecule has 2 N–H and O–H groups in total. The second-order valence-corrected chi connectivity index (χ2v) is 14.9. The van der Waals surface area contributed by atoms with Crippen LogP contribution >= 0.6 is 15.9 Å². The van der Waals surface area contributed by atoms with E-state index in [0.717, 1.165) is 16.3 Å². The van der Waals surface area contributed by atoms with Gasteiger partial charge in [0.2, 0.25) is 11.8 Å². The molecule has 3 saturated heterocycles. The predicted octanol–water partition coefficient (Wildman–Crippen LogP) is 5.64. The van der Waals surface area contributed by atoms with Crippen molar-refractivity contribution in [1.29, 1.82) is 0 Å². The van der Waals surface area contributed by atoms with Gasteiger partial charge in [-0.25, -0.2) is 0 Å². The molecule has 0 aromatic heterocycles. The second-order valence-electron chi connectivity index (χ2n) is 13.7. The summed E-state index contributed by atoms with van der Waals surface area (Å²) in [5, 5.41) is 14.5. The molecule has 11 heteroatoms. The van der Waals surface area contributed by atoms with Crippen LogP contribution < -0.4 is 10.2 Å². The van der Waals surface area contributed by atoms with Crippen LogP contribution in [0.1, 0.15) is 50.1 Å². The molecule has 2 bridgehead atoms. The monoisotopic (exact) mass is 771 g/mol. The summed E-state index contributed by atoms with van der Waals surface area (Å²) in [5.41, 5.74) is 0.150. The Morgan fingerprint density at radius 1 is 1.04 bits per heavy atom. The van der Waals surface area contributed by atoms with Crippen LogP contribution in [0.3, 0.4) is 0 Å². The Balaban J connectivity index is 1.33. The first-order valence-electron chi connectivity index (χ1n) is 18.0. The largest absolute Gasteiger partial charge is 0.463 e. The summed E-state index contributed by atoms with van der Waals surface area (Å²) in [5.74, 6) is -3.23. The van der Waals surface area contributed by atoms with Gasteiger partial charge in [0.05, 0.1) is 24.0 Å². The van der Waals surface area contributed by atoms with Crippen LogP contribution in [-0.2, 0) is 28.7 Å². The van der Waals surface area contributed by atoms with E-state index in [1.165, 1.54) is 0 Å². The summed E-state index contributed by atoms with van der Waals surface area (Å²) < 4.78 is 12.3. The van der Waals surface area contributed by atoms with Crippen molar-refractivity contribution >= 4 is 56.1 Å². The number of benzene rings is 3. The van der Waals surface area contributed by atoms with Crippen molar-refractivity contribution in [2.75, 3.05) is 31.2 Å². The van der Waals surface area contributed by atoms with Gasteiger partial charge in [-0.3, -0.25) is 19.2 Å². The van der Waals surface area contributed by atoms with Crippen LogP contribution in [0.4, 0.5) is 5.69 Å². The van der Waals surface area contributed by atoms with Crippen LogP contribution in [0.25, 0.3) is 10.8 Å². The zero-order valence-corrected chi connectivity index (χ0v) is 30.8. The summed E-state index contributed by atoms with van der Waals surface area (Å²) in [6, 6.07) is 21.3. The van der Waals surface area contributed by atoms with Crippen LogP contribution in [0.2, 0.25) is 0 Å². The van der Waals surface area contributed by atoms with E-state index in [9.17, 15) is 19.5 Å². The number of unbranched alkanes of at least 4 members (excludes halogenated alkanes) is 2. The zero-order valence-electron chi connectivity index (χ0n) is 29.2. The van der Waals surface area contributed by atoms with Crippen LogP contribution in [-0.4, -0.2) is 82.6 Å². The normalized spacial score (nSPS) is 25.1. The molecule has 52 heavy (non-hydrogen) atoms. The van der Waals surface area contributed by atoms with E-state index in [0.29, 0.717) is 37.8 Å². The number of alkyl halides is 1. The maximum atomic E-state index is 15.0. The molecule has 1 unspecified atom stereocenters. The predicted molar refractivity (Wildman–Crippen MR) is 203 cm³/mol. The Hall–Kier alpha value is -4.32. The average Bonchev–Trinajstić information content (AvgIpc) is 3.75. The van der Waals surface area contributed by atoms with Gasteiger partial charge in [-0.1, -0.05) is 88.7 Å². The van der Waals surface area contributed by atoms with Gasteiger partial charge < -0.3 is 29.7 Å². The van der Waals surface area contributed by atoms with Gasteiger partial charge in [0.25, 0.3) is 5.91 Å². The molecule has 7 atom stereocenters. The third-order valence-electron chi connectivity index (χ3n) is 10.5. The molecule has 3 aliphatic rings. The lowest BCUT2D eigenvalue weighted by atomic mass is 9.70. The van der Waals surface area contributed by atoms with Crippen molar-refractivity contribution in [2.45, 2.75) is 67.1 Å². The molecule has 0 saturated carbocycles. The van der Waals surface area contributed by atoms with Gasteiger partial charge in [0.1, 0.15) is 18.2 Å². The van der Waals surface area contributed by atoms with Gasteiger partial charge in [-0.2, -0.15) is 0 Å². The fraction of sp³-hybridized carbons (Fsp3) is 0.415. The SMILES string of the molecule is C=CCCC(=O)OC[C@@H](NC(=O)[C@@H]1[C@H]2O[C@@]3(CC2Br)[C@H](C(=O)N(CC=C)c2ccc4ccccc4c2)N(CCCCCO)C(=O)[C@@H]13)c1ccccc1. The number of aliphatic hydroxyl groups is 1. The van der Waals surface area contributed by atoms with E-state index >= 15 is 4.79 Å². The molecule has 10 nitrogen and oxygen atoms in total. The van der Waals surface area contributed by atoms with Crippen molar-refractivity contribution in [3.05, 3.63) is 104 Å². The highest BCUT2D eigenvalue weighted by Gasteiger charge is 2.76. The molecule has 3 aromatic rings. The number of esters is 1. The number of carbonyl (C=O) groups is 4. The molecule has 274 valence electrons. The van der Waals surface area contributed by atoms with Gasteiger partial charge >= 0.3 is 5.97 Å². The molecule has 3 amide bonds. The molecule has 3 aromatic carbocycles. The molecular formula is C41H46BrN3O7. The zero-order chi connectivity index (χ0) is 36.8. The number of halogens is 1. The number of ether oxygens (including phenoxy) is 2. The molecule has 0 aliphatic carbocycles. The number of allylic oxidation sites excluding steroid dienone is 1. The number of amides is 3. The minimum absolute atomic E-state index is 0.0302. The lowest BCUT2D eigenvalue weighted by Crippen LogP contribution is -2.57. The highest BCUT2D eigenvalue weighted by atomic mass is 79.9. The summed E-state index contributed by atoms with van der Waals surface area (Å²) in [6.07, 6.45) is 5.46. The van der Waals surface area contributed by atoms with Crippen molar-refractivity contribution in [3.8, 4) is 0 Å². The fourth-order valence-electron chi connectivity index (χ4n) is 8.11. The molecular weight excluding hydrogens is 726 g/mol. The van der Waals surface area contributed by atoms with Crippen molar-refractivity contribution < 1.29 is 33.8 Å². The Bertz CT molecular complexity index is 1800. The summed E-state index contributed by atoms with van der Waals surface area (Å²) >= 11 is 3.77. The van der Waals surface area contributed by atoms with Crippen LogP contribution in [0.15, 0.2) is 98.1 Å². The van der Waals surface area contributed by atoms with Gasteiger partial charge in [-0.05, 0) is 60.6 Å². The van der Waals surface area contributed by atoms with Crippen LogP contribution in [0, 0.1) is 11.8 Å². The summed E-state index contributed by atoms with van der Waals surface area (Å²) in [4.78, 5) is 59.5. The summed E-state index contributed by atoms with van der Waals surface area (Å²) in [6.45, 7) is 8.00. The molecule has 0 radical (unpaired) electrons. The van der Waals surface area contributed by atoms with E-state index in [4.69, 9.17) is 9.47 Å². The highest BCUT2D eigenvalue weighted by molar-refractivity contribution is 9.09. The van der Waals surface area contributed by atoms with Gasteiger partial charge in [-0.15, -0.1) is 13.2 Å². The smallest absolute Gasteiger partial charge is 0.306 e. The Morgan fingerprint density at radius 3 is 2.52 bits per heavy atom.